The molecule has 0 heterocycles. The van der Waals surface area contributed by atoms with Gasteiger partial charge in [0.05, 0.1) is 6.10 Å². The summed E-state index contributed by atoms with van der Waals surface area (Å²) in [4.78, 5) is 0. The molecule has 3 heteroatoms. The van der Waals surface area contributed by atoms with Gasteiger partial charge < -0.3 is 10.8 Å². The van der Waals surface area contributed by atoms with Crippen LogP contribution < -0.4 is 5.73 Å². The second-order valence-corrected chi connectivity index (χ2v) is 5.57. The highest BCUT2D eigenvalue weighted by Crippen LogP contribution is 2.29. The summed E-state index contributed by atoms with van der Waals surface area (Å²) in [5.74, 6) is 0.617. The molecule has 96 valence electrons. The monoisotopic (exact) mass is 255 g/mol. The molecule has 17 heavy (non-hydrogen) atoms. The summed E-state index contributed by atoms with van der Waals surface area (Å²) in [6, 6.07) is 5.68. The van der Waals surface area contributed by atoms with Crippen molar-refractivity contribution < 1.29 is 5.11 Å². The molecule has 0 radical (unpaired) electrons. The number of aliphatic hydroxyl groups excluding tert-OH is 1. The average molecular weight is 256 g/mol. The Morgan fingerprint density at radius 2 is 1.94 bits per heavy atom. The second kappa shape index (κ2) is 6.39. The molecule has 0 aliphatic heterocycles. The fourth-order valence-corrected chi connectivity index (χ4v) is 2.47. The Hall–Kier alpha value is -0.570. The molecule has 0 fully saturated rings. The van der Waals surface area contributed by atoms with Crippen molar-refractivity contribution in [2.24, 2.45) is 17.6 Å². The lowest BCUT2D eigenvalue weighted by molar-refractivity contribution is 0.0994. The van der Waals surface area contributed by atoms with Crippen LogP contribution in [-0.2, 0) is 0 Å². The van der Waals surface area contributed by atoms with Gasteiger partial charge in [0.15, 0.2) is 0 Å². The third-order valence-electron chi connectivity index (χ3n) is 2.93. The number of hydrogen-bond donors (Lipinski definition) is 2. The van der Waals surface area contributed by atoms with Gasteiger partial charge in [0.1, 0.15) is 0 Å². The minimum atomic E-state index is -0.528. The fraction of sp³-hybridized carbons (Fsp3) is 0.571. The molecule has 0 aliphatic carbocycles. The molecule has 0 aromatic heterocycles. The van der Waals surface area contributed by atoms with Gasteiger partial charge in [-0.1, -0.05) is 31.5 Å². The molecule has 2 unspecified atom stereocenters. The van der Waals surface area contributed by atoms with Gasteiger partial charge in [0, 0.05) is 10.9 Å². The van der Waals surface area contributed by atoms with Crippen LogP contribution in [0.15, 0.2) is 18.2 Å². The molecule has 2 nitrogen and oxygen atoms in total. The summed E-state index contributed by atoms with van der Waals surface area (Å²) < 4.78 is 0. The number of aliphatic hydroxyl groups is 1. The Balaban J connectivity index is 2.89. The van der Waals surface area contributed by atoms with E-state index < -0.39 is 6.10 Å². The lowest BCUT2D eigenvalue weighted by atomic mass is 9.88. The molecular weight excluding hydrogens is 234 g/mol. The summed E-state index contributed by atoms with van der Waals surface area (Å²) in [7, 11) is 0. The zero-order valence-corrected chi connectivity index (χ0v) is 11.5. The quantitative estimate of drug-likeness (QED) is 0.848. The van der Waals surface area contributed by atoms with Crippen molar-refractivity contribution in [3.8, 4) is 0 Å². The summed E-state index contributed by atoms with van der Waals surface area (Å²) in [6.45, 7) is 6.74. The van der Waals surface area contributed by atoms with Crippen molar-refractivity contribution in [1.29, 1.82) is 0 Å². The number of rotatable bonds is 5. The minimum Gasteiger partial charge on any atom is -0.388 e. The Morgan fingerprint density at radius 1 is 1.29 bits per heavy atom. The van der Waals surface area contributed by atoms with E-state index in [1.54, 1.807) is 0 Å². The zero-order valence-electron chi connectivity index (χ0n) is 10.8. The van der Waals surface area contributed by atoms with E-state index in [4.69, 9.17) is 17.3 Å². The van der Waals surface area contributed by atoms with E-state index in [-0.39, 0.29) is 5.92 Å². The van der Waals surface area contributed by atoms with E-state index in [2.05, 4.69) is 13.8 Å². The number of hydrogen-bond acceptors (Lipinski definition) is 2. The number of halogens is 1. The molecule has 0 saturated heterocycles. The smallest absolute Gasteiger partial charge is 0.0830 e. The maximum atomic E-state index is 10.3. The molecular formula is C14H22ClNO. The Kier molecular flexibility index (Phi) is 5.44. The summed E-state index contributed by atoms with van der Waals surface area (Å²) in [5.41, 5.74) is 7.67. The van der Waals surface area contributed by atoms with E-state index in [0.29, 0.717) is 17.5 Å². The van der Waals surface area contributed by atoms with Crippen LogP contribution in [0.2, 0.25) is 5.02 Å². The Morgan fingerprint density at radius 3 is 2.41 bits per heavy atom. The van der Waals surface area contributed by atoms with E-state index in [1.807, 2.05) is 25.1 Å². The van der Waals surface area contributed by atoms with Crippen LogP contribution in [0.5, 0.6) is 0 Å². The van der Waals surface area contributed by atoms with Crippen molar-refractivity contribution in [2.45, 2.75) is 33.3 Å². The van der Waals surface area contributed by atoms with Crippen LogP contribution >= 0.6 is 11.6 Å². The zero-order chi connectivity index (χ0) is 13.0. The standard InChI is InChI=1S/C14H22ClNO/c1-9(2)4-12(8-16)14(17)11-5-10(3)6-13(15)7-11/h5-7,9,12,14,17H,4,8,16H2,1-3H3. The van der Waals surface area contributed by atoms with Crippen molar-refractivity contribution in [1.82, 2.24) is 0 Å². The van der Waals surface area contributed by atoms with Gasteiger partial charge in [-0.3, -0.25) is 0 Å². The highest BCUT2D eigenvalue weighted by atomic mass is 35.5. The molecule has 3 N–H and O–H groups in total. The number of aryl methyl sites for hydroxylation is 1. The third kappa shape index (κ3) is 4.30. The van der Waals surface area contributed by atoms with Gasteiger partial charge in [0.25, 0.3) is 0 Å². The predicted octanol–water partition coefficient (Wildman–Crippen LogP) is 3.30. The highest BCUT2D eigenvalue weighted by molar-refractivity contribution is 6.30. The summed E-state index contributed by atoms with van der Waals surface area (Å²) in [6.07, 6.45) is 0.392. The van der Waals surface area contributed by atoms with E-state index in [1.165, 1.54) is 0 Å². The topological polar surface area (TPSA) is 46.2 Å². The Bertz CT molecular complexity index is 345. The van der Waals surface area contributed by atoms with Crippen molar-refractivity contribution in [3.05, 3.63) is 34.3 Å². The lowest BCUT2D eigenvalue weighted by Crippen LogP contribution is -2.23. The van der Waals surface area contributed by atoms with Crippen LogP contribution in [-0.4, -0.2) is 11.7 Å². The van der Waals surface area contributed by atoms with Crippen LogP contribution in [0.1, 0.15) is 37.5 Å². The normalized spacial score (nSPS) is 15.0. The minimum absolute atomic E-state index is 0.0906. The maximum absolute atomic E-state index is 10.3. The van der Waals surface area contributed by atoms with Crippen molar-refractivity contribution in [2.75, 3.05) is 6.54 Å². The average Bonchev–Trinajstić information content (AvgIpc) is 2.23. The first-order valence-corrected chi connectivity index (χ1v) is 6.47. The number of nitrogens with two attached hydrogens (primary N) is 1. The van der Waals surface area contributed by atoms with Gasteiger partial charge in [-0.05, 0) is 49.1 Å². The van der Waals surface area contributed by atoms with Gasteiger partial charge in [-0.25, -0.2) is 0 Å². The van der Waals surface area contributed by atoms with Gasteiger partial charge >= 0.3 is 0 Å². The molecule has 0 saturated carbocycles. The van der Waals surface area contributed by atoms with Gasteiger partial charge in [0.2, 0.25) is 0 Å². The maximum Gasteiger partial charge on any atom is 0.0830 e. The van der Waals surface area contributed by atoms with Crippen LogP contribution in [0.3, 0.4) is 0 Å². The molecule has 1 aromatic rings. The third-order valence-corrected chi connectivity index (χ3v) is 3.15. The predicted molar refractivity (Wildman–Crippen MR) is 73.1 cm³/mol. The van der Waals surface area contributed by atoms with Gasteiger partial charge in [-0.15, -0.1) is 0 Å². The molecule has 0 spiro atoms. The van der Waals surface area contributed by atoms with Crippen molar-refractivity contribution >= 4 is 11.6 Å². The van der Waals surface area contributed by atoms with Crippen molar-refractivity contribution in [3.63, 3.8) is 0 Å². The SMILES string of the molecule is Cc1cc(Cl)cc(C(O)C(CN)CC(C)C)c1. The van der Waals surface area contributed by atoms with Crippen LogP contribution in [0.25, 0.3) is 0 Å². The summed E-state index contributed by atoms with van der Waals surface area (Å²) in [5, 5.41) is 11.0. The fourth-order valence-electron chi connectivity index (χ4n) is 2.17. The molecule has 0 aliphatic rings. The second-order valence-electron chi connectivity index (χ2n) is 5.13. The first-order chi connectivity index (χ1) is 7.93. The summed E-state index contributed by atoms with van der Waals surface area (Å²) >= 11 is 6.01. The first kappa shape index (κ1) is 14.5. The van der Waals surface area contributed by atoms with E-state index >= 15 is 0 Å². The van der Waals surface area contributed by atoms with Gasteiger partial charge in [-0.2, -0.15) is 0 Å². The number of benzene rings is 1. The molecule has 1 rings (SSSR count). The highest BCUT2D eigenvalue weighted by Gasteiger charge is 2.21. The Labute approximate surface area is 109 Å². The lowest BCUT2D eigenvalue weighted by Gasteiger charge is -2.24. The van der Waals surface area contributed by atoms with Crippen LogP contribution in [0.4, 0.5) is 0 Å². The molecule has 0 bridgehead atoms. The van der Waals surface area contributed by atoms with E-state index in [0.717, 1.165) is 17.5 Å². The molecule has 1 aromatic carbocycles. The molecule has 0 amide bonds. The first-order valence-electron chi connectivity index (χ1n) is 6.09. The molecule has 2 atom stereocenters. The van der Waals surface area contributed by atoms with E-state index in [9.17, 15) is 5.11 Å². The largest absolute Gasteiger partial charge is 0.388 e. The van der Waals surface area contributed by atoms with Crippen LogP contribution in [0, 0.1) is 18.8 Å².